The Bertz CT molecular complexity index is 184. The van der Waals surface area contributed by atoms with Crippen LogP contribution in [0.1, 0.15) is 13.3 Å². The summed E-state index contributed by atoms with van der Waals surface area (Å²) >= 11 is 5.56. The molecule has 1 nitrogen and oxygen atoms in total. The Morgan fingerprint density at radius 2 is 2.50 bits per heavy atom. The quantitative estimate of drug-likeness (QED) is 0.560. The fraction of sp³-hybridized carbons (Fsp3) is 0.571. The van der Waals surface area contributed by atoms with Crippen molar-refractivity contribution in [3.8, 4) is 0 Å². The highest BCUT2D eigenvalue weighted by Crippen LogP contribution is 2.15. The van der Waals surface area contributed by atoms with Crippen molar-refractivity contribution in [1.82, 2.24) is 0 Å². The molecule has 0 aliphatic carbocycles. The summed E-state index contributed by atoms with van der Waals surface area (Å²) in [6.07, 6.45) is 1.42. The lowest BCUT2D eigenvalue weighted by Crippen LogP contribution is -2.06. The molecular weight excluding hydrogens is 153 g/mol. The number of halogens is 2. The molecule has 0 fully saturated rings. The second-order valence-corrected chi connectivity index (χ2v) is 2.68. The van der Waals surface area contributed by atoms with Crippen molar-refractivity contribution < 1.29 is 4.39 Å². The fourth-order valence-electron chi connectivity index (χ4n) is 0.876. The average Bonchev–Trinajstić information content (AvgIpc) is 1.88. The summed E-state index contributed by atoms with van der Waals surface area (Å²) in [5, 5.41) is 0.422. The van der Waals surface area contributed by atoms with Crippen LogP contribution in [0.15, 0.2) is 16.6 Å². The molecule has 1 rings (SSSR count). The topological polar surface area (TPSA) is 12.4 Å². The summed E-state index contributed by atoms with van der Waals surface area (Å²) < 4.78 is 12.6. The molecule has 0 radical (unpaired) electrons. The van der Waals surface area contributed by atoms with Crippen molar-refractivity contribution in [1.29, 1.82) is 0 Å². The van der Waals surface area contributed by atoms with Crippen LogP contribution in [-0.2, 0) is 0 Å². The maximum absolute atomic E-state index is 12.6. The standard InChI is InChI=1S/C7H9ClFN/c1-5(9)6-2-3-10-7(8)4-6/h4-5H,2-3H2,1H3. The smallest absolute Gasteiger partial charge is 0.123 e. The molecule has 56 valence electrons. The van der Waals surface area contributed by atoms with E-state index in [9.17, 15) is 4.39 Å². The molecule has 1 aliphatic rings. The third-order valence-electron chi connectivity index (χ3n) is 1.48. The first-order valence-electron chi connectivity index (χ1n) is 3.24. The van der Waals surface area contributed by atoms with Crippen molar-refractivity contribution in [3.63, 3.8) is 0 Å². The molecule has 1 atom stereocenters. The number of allylic oxidation sites excluding steroid dienone is 1. The van der Waals surface area contributed by atoms with E-state index in [4.69, 9.17) is 11.6 Å². The molecule has 3 heteroatoms. The molecule has 1 unspecified atom stereocenters. The van der Waals surface area contributed by atoms with Crippen LogP contribution in [0.2, 0.25) is 0 Å². The second-order valence-electron chi connectivity index (χ2n) is 2.29. The molecule has 0 amide bonds. The van der Waals surface area contributed by atoms with E-state index >= 15 is 0 Å². The number of hydrogen-bond donors (Lipinski definition) is 0. The Hall–Kier alpha value is -0.370. The maximum atomic E-state index is 12.6. The van der Waals surface area contributed by atoms with E-state index in [1.807, 2.05) is 0 Å². The Kier molecular flexibility index (Phi) is 2.44. The third-order valence-corrected chi connectivity index (χ3v) is 1.71. The summed E-state index contributed by atoms with van der Waals surface area (Å²) in [4.78, 5) is 3.90. The van der Waals surface area contributed by atoms with Crippen LogP contribution < -0.4 is 0 Å². The van der Waals surface area contributed by atoms with Gasteiger partial charge in [-0.3, -0.25) is 4.99 Å². The van der Waals surface area contributed by atoms with E-state index in [1.54, 1.807) is 6.08 Å². The third kappa shape index (κ3) is 1.81. The van der Waals surface area contributed by atoms with Gasteiger partial charge < -0.3 is 0 Å². The van der Waals surface area contributed by atoms with Crippen LogP contribution in [0.5, 0.6) is 0 Å². The van der Waals surface area contributed by atoms with Crippen molar-refractivity contribution in [2.75, 3.05) is 6.54 Å². The highest BCUT2D eigenvalue weighted by molar-refractivity contribution is 6.68. The molecule has 1 aliphatic heterocycles. The number of nitrogens with zero attached hydrogens (tertiary/aromatic N) is 1. The highest BCUT2D eigenvalue weighted by Gasteiger charge is 2.10. The number of hydrogen-bond acceptors (Lipinski definition) is 1. The van der Waals surface area contributed by atoms with Crippen molar-refractivity contribution >= 4 is 16.8 Å². The molecule has 0 spiro atoms. The molecule has 0 N–H and O–H groups in total. The van der Waals surface area contributed by atoms with Gasteiger partial charge in [0.05, 0.1) is 0 Å². The van der Waals surface area contributed by atoms with Gasteiger partial charge in [0.2, 0.25) is 0 Å². The normalized spacial score (nSPS) is 21.5. The van der Waals surface area contributed by atoms with Gasteiger partial charge in [-0.05, 0) is 25.0 Å². The molecule has 0 saturated heterocycles. The lowest BCUT2D eigenvalue weighted by Gasteiger charge is -2.10. The Labute approximate surface area is 64.6 Å². The zero-order valence-electron chi connectivity index (χ0n) is 5.77. The van der Waals surface area contributed by atoms with Crippen molar-refractivity contribution in [3.05, 3.63) is 11.6 Å². The van der Waals surface area contributed by atoms with Crippen molar-refractivity contribution in [2.24, 2.45) is 4.99 Å². The average molecular weight is 162 g/mol. The minimum Gasteiger partial charge on any atom is -0.273 e. The highest BCUT2D eigenvalue weighted by atomic mass is 35.5. The maximum Gasteiger partial charge on any atom is 0.123 e. The Morgan fingerprint density at radius 1 is 1.80 bits per heavy atom. The number of dihydropyridines is 1. The van der Waals surface area contributed by atoms with E-state index in [0.717, 1.165) is 5.57 Å². The molecule has 0 aromatic carbocycles. The van der Waals surface area contributed by atoms with Gasteiger partial charge >= 0.3 is 0 Å². The Balaban J connectivity index is 2.69. The summed E-state index contributed by atoms with van der Waals surface area (Å²) in [7, 11) is 0. The van der Waals surface area contributed by atoms with Gasteiger partial charge in [0.15, 0.2) is 0 Å². The van der Waals surface area contributed by atoms with Gasteiger partial charge in [0.25, 0.3) is 0 Å². The van der Waals surface area contributed by atoms with Gasteiger partial charge in [0.1, 0.15) is 11.3 Å². The van der Waals surface area contributed by atoms with Crippen LogP contribution in [0.4, 0.5) is 4.39 Å². The monoisotopic (exact) mass is 161 g/mol. The van der Waals surface area contributed by atoms with Gasteiger partial charge in [-0.25, -0.2) is 4.39 Å². The predicted octanol–water partition coefficient (Wildman–Crippen LogP) is 2.31. The number of aliphatic imine (C=N–C) groups is 1. The Morgan fingerprint density at radius 3 is 2.90 bits per heavy atom. The van der Waals surface area contributed by atoms with Gasteiger partial charge in [0, 0.05) is 6.54 Å². The van der Waals surface area contributed by atoms with E-state index < -0.39 is 6.17 Å². The van der Waals surface area contributed by atoms with E-state index in [2.05, 4.69) is 4.99 Å². The SMILES string of the molecule is CC(F)C1=CC(Cl)=NCC1. The second kappa shape index (κ2) is 3.15. The van der Waals surface area contributed by atoms with Gasteiger partial charge in [-0.15, -0.1) is 0 Å². The minimum absolute atomic E-state index is 0.422. The molecular formula is C7H9ClFN. The zero-order valence-corrected chi connectivity index (χ0v) is 6.53. The lowest BCUT2D eigenvalue weighted by molar-refractivity contribution is 0.402. The molecule has 10 heavy (non-hydrogen) atoms. The van der Waals surface area contributed by atoms with Crippen LogP contribution in [0.3, 0.4) is 0 Å². The number of rotatable bonds is 1. The summed E-state index contributed by atoms with van der Waals surface area (Å²) in [6, 6.07) is 0. The van der Waals surface area contributed by atoms with Crippen LogP contribution >= 0.6 is 11.6 Å². The molecule has 1 heterocycles. The molecule has 0 aromatic rings. The van der Waals surface area contributed by atoms with Crippen molar-refractivity contribution in [2.45, 2.75) is 19.5 Å². The van der Waals surface area contributed by atoms with E-state index in [0.29, 0.717) is 18.1 Å². The summed E-state index contributed by atoms with van der Waals surface area (Å²) in [5.74, 6) is 0. The lowest BCUT2D eigenvalue weighted by atomic mass is 10.1. The van der Waals surface area contributed by atoms with Crippen LogP contribution in [-0.4, -0.2) is 17.9 Å². The number of alkyl halides is 1. The summed E-state index contributed by atoms with van der Waals surface area (Å²) in [5.41, 5.74) is 0.750. The first-order valence-corrected chi connectivity index (χ1v) is 3.62. The van der Waals surface area contributed by atoms with Crippen LogP contribution in [0, 0.1) is 0 Å². The fourth-order valence-corrected chi connectivity index (χ4v) is 1.10. The first-order chi connectivity index (χ1) is 4.70. The molecule has 0 bridgehead atoms. The zero-order chi connectivity index (χ0) is 7.56. The summed E-state index contributed by atoms with van der Waals surface area (Å²) in [6.45, 7) is 2.14. The molecule has 0 aromatic heterocycles. The first kappa shape index (κ1) is 7.73. The van der Waals surface area contributed by atoms with Gasteiger partial charge in [-0.2, -0.15) is 0 Å². The van der Waals surface area contributed by atoms with Gasteiger partial charge in [-0.1, -0.05) is 11.6 Å². The minimum atomic E-state index is -0.885. The van der Waals surface area contributed by atoms with E-state index in [-0.39, 0.29) is 0 Å². The largest absolute Gasteiger partial charge is 0.273 e. The predicted molar refractivity (Wildman–Crippen MR) is 41.4 cm³/mol. The molecule has 0 saturated carbocycles. The van der Waals surface area contributed by atoms with E-state index in [1.165, 1.54) is 6.92 Å². The van der Waals surface area contributed by atoms with Crippen LogP contribution in [0.25, 0.3) is 0 Å².